The van der Waals surface area contributed by atoms with Crippen molar-refractivity contribution in [2.75, 3.05) is 0 Å². The molecule has 0 aliphatic rings. The molecule has 8 heavy (non-hydrogen) atoms. The molecule has 0 aliphatic carbocycles. The van der Waals surface area contributed by atoms with Crippen molar-refractivity contribution in [3.8, 4) is 0 Å². The topological polar surface area (TPSA) is 63.3 Å². The average Bonchev–Trinajstić information content (AvgIpc) is 1.64. The van der Waals surface area contributed by atoms with E-state index in [2.05, 4.69) is 16.0 Å². The summed E-state index contributed by atoms with van der Waals surface area (Å²) in [6, 6.07) is -0.769. The summed E-state index contributed by atoms with van der Waals surface area (Å²) in [4.78, 5) is 9.89. The molecule has 0 spiro atoms. The van der Waals surface area contributed by atoms with E-state index in [1.165, 1.54) is 0 Å². The molecule has 0 aromatic rings. The zero-order valence-corrected chi connectivity index (χ0v) is 6.21. The Morgan fingerprint density at radius 1 is 1.88 bits per heavy atom. The molecule has 0 aliphatic heterocycles. The van der Waals surface area contributed by atoms with Crippen LogP contribution in [0.1, 0.15) is 6.92 Å². The van der Waals surface area contributed by atoms with Gasteiger partial charge in [0, 0.05) is 0 Å². The molecule has 0 saturated heterocycles. The summed E-state index contributed by atoms with van der Waals surface area (Å²) in [5.41, 5.74) is 5.13. The van der Waals surface area contributed by atoms with Gasteiger partial charge in [-0.2, -0.15) is 0 Å². The fourth-order valence-corrected chi connectivity index (χ4v) is 0.445. The molecular formula is C4H8NO2Se. The van der Waals surface area contributed by atoms with Gasteiger partial charge in [-0.25, -0.2) is 0 Å². The van der Waals surface area contributed by atoms with Crippen LogP contribution >= 0.6 is 0 Å². The van der Waals surface area contributed by atoms with Crippen LogP contribution in [-0.4, -0.2) is 33.1 Å². The average molecular weight is 181 g/mol. The van der Waals surface area contributed by atoms with Crippen molar-refractivity contribution >= 4 is 22.0 Å². The molecule has 0 bridgehead atoms. The Morgan fingerprint density at radius 2 is 2.25 bits per heavy atom. The van der Waals surface area contributed by atoms with Gasteiger partial charge in [-0.15, -0.1) is 0 Å². The number of hydrogen-bond acceptors (Lipinski definition) is 2. The Balaban J connectivity index is 3.64. The van der Waals surface area contributed by atoms with E-state index < -0.39 is 12.0 Å². The predicted octanol–water partition coefficient (Wildman–Crippen LogP) is -0.625. The number of nitrogens with two attached hydrogens (primary N) is 1. The number of carboxylic acid groups (broad SMARTS) is 1. The summed E-state index contributed by atoms with van der Waals surface area (Å²) in [5, 5.41) is 8.21. The number of carbonyl (C=O) groups is 1. The van der Waals surface area contributed by atoms with Crippen molar-refractivity contribution in [2.45, 2.75) is 17.8 Å². The predicted molar refractivity (Wildman–Crippen MR) is 30.8 cm³/mol. The van der Waals surface area contributed by atoms with Crippen molar-refractivity contribution in [1.29, 1.82) is 0 Å². The van der Waals surface area contributed by atoms with E-state index in [0.29, 0.717) is 0 Å². The Morgan fingerprint density at radius 3 is 2.25 bits per heavy atom. The maximum absolute atomic E-state index is 10.00. The molecule has 3 nitrogen and oxygen atoms in total. The number of hydrogen-bond donors (Lipinski definition) is 2. The fourth-order valence-electron chi connectivity index (χ4n) is 0.201. The summed E-state index contributed by atoms with van der Waals surface area (Å²) >= 11 is 2.62. The van der Waals surface area contributed by atoms with E-state index in [1.807, 2.05) is 0 Å². The SMILES string of the molecule is CC([Se])[C@H](N)C(=O)O. The monoisotopic (exact) mass is 182 g/mol. The van der Waals surface area contributed by atoms with Crippen LogP contribution in [0.2, 0.25) is 4.82 Å². The van der Waals surface area contributed by atoms with Crippen molar-refractivity contribution in [3.63, 3.8) is 0 Å². The molecule has 47 valence electrons. The second-order valence-electron chi connectivity index (χ2n) is 1.57. The van der Waals surface area contributed by atoms with Gasteiger partial charge in [0.25, 0.3) is 0 Å². The van der Waals surface area contributed by atoms with Crippen LogP contribution in [0.5, 0.6) is 0 Å². The molecule has 0 heterocycles. The minimum atomic E-state index is -0.962. The van der Waals surface area contributed by atoms with Gasteiger partial charge in [0.1, 0.15) is 0 Å². The van der Waals surface area contributed by atoms with E-state index in [4.69, 9.17) is 10.8 Å². The van der Waals surface area contributed by atoms with E-state index >= 15 is 0 Å². The second kappa shape index (κ2) is 3.07. The van der Waals surface area contributed by atoms with Crippen LogP contribution in [0.4, 0.5) is 0 Å². The van der Waals surface area contributed by atoms with Gasteiger partial charge in [-0.1, -0.05) is 0 Å². The summed E-state index contributed by atoms with van der Waals surface area (Å²) in [6.45, 7) is 1.72. The standard InChI is InChI=1S/C4H8NO2Se/c1-2(8)3(5)4(6)7/h2-3H,5H2,1H3,(H,6,7)/t2?,3-/m0/s1. The first-order valence-corrected chi connectivity index (χ1v) is 3.19. The quantitative estimate of drug-likeness (QED) is 0.558. The van der Waals surface area contributed by atoms with Gasteiger partial charge in [0.2, 0.25) is 0 Å². The van der Waals surface area contributed by atoms with Gasteiger partial charge in [0.15, 0.2) is 0 Å². The maximum atomic E-state index is 10.00. The van der Waals surface area contributed by atoms with Crippen LogP contribution in [0.15, 0.2) is 0 Å². The number of aliphatic carboxylic acids is 1. The fraction of sp³-hybridized carbons (Fsp3) is 0.750. The minimum absolute atomic E-state index is 0.104. The van der Waals surface area contributed by atoms with Crippen LogP contribution < -0.4 is 5.73 Å². The molecule has 0 saturated carbocycles. The normalized spacial score (nSPS) is 17.4. The zero-order chi connectivity index (χ0) is 6.73. The Hall–Kier alpha value is -0.0505. The van der Waals surface area contributed by atoms with Gasteiger partial charge < -0.3 is 0 Å². The van der Waals surface area contributed by atoms with Gasteiger partial charge in [-0.3, -0.25) is 0 Å². The second-order valence-corrected chi connectivity index (χ2v) is 3.13. The third-order valence-corrected chi connectivity index (χ3v) is 1.41. The van der Waals surface area contributed by atoms with E-state index in [1.54, 1.807) is 6.92 Å². The Kier molecular flexibility index (Phi) is 3.05. The summed E-state index contributed by atoms with van der Waals surface area (Å²) < 4.78 is 0. The summed E-state index contributed by atoms with van der Waals surface area (Å²) in [7, 11) is 0. The van der Waals surface area contributed by atoms with Gasteiger partial charge in [-0.05, 0) is 0 Å². The molecular weight excluding hydrogens is 173 g/mol. The Labute approximate surface area is 56.1 Å². The van der Waals surface area contributed by atoms with Crippen molar-refractivity contribution in [2.24, 2.45) is 5.73 Å². The van der Waals surface area contributed by atoms with Crippen LogP contribution in [-0.2, 0) is 4.79 Å². The molecule has 0 fully saturated rings. The molecule has 1 radical (unpaired) electrons. The molecule has 0 rings (SSSR count). The van der Waals surface area contributed by atoms with Crippen LogP contribution in [0.3, 0.4) is 0 Å². The van der Waals surface area contributed by atoms with Gasteiger partial charge in [0.05, 0.1) is 0 Å². The van der Waals surface area contributed by atoms with Crippen molar-refractivity contribution < 1.29 is 9.90 Å². The Bertz CT molecular complexity index is 94.0. The van der Waals surface area contributed by atoms with E-state index in [9.17, 15) is 4.79 Å². The molecule has 0 aromatic heterocycles. The van der Waals surface area contributed by atoms with E-state index in [-0.39, 0.29) is 4.82 Å². The first kappa shape index (κ1) is 7.95. The first-order valence-electron chi connectivity index (χ1n) is 2.20. The first-order chi connectivity index (χ1) is 3.55. The van der Waals surface area contributed by atoms with Crippen LogP contribution in [0, 0.1) is 0 Å². The zero-order valence-electron chi connectivity index (χ0n) is 4.50. The number of rotatable bonds is 2. The summed E-state index contributed by atoms with van der Waals surface area (Å²) in [5.74, 6) is -0.962. The molecule has 0 amide bonds. The molecule has 0 aromatic carbocycles. The molecule has 3 N–H and O–H groups in total. The third kappa shape index (κ3) is 2.31. The number of carboxylic acids is 1. The van der Waals surface area contributed by atoms with Crippen molar-refractivity contribution in [3.05, 3.63) is 0 Å². The summed E-state index contributed by atoms with van der Waals surface area (Å²) in [6.07, 6.45) is 0. The molecule has 1 unspecified atom stereocenters. The van der Waals surface area contributed by atoms with E-state index in [0.717, 1.165) is 0 Å². The van der Waals surface area contributed by atoms with Crippen molar-refractivity contribution in [1.82, 2.24) is 0 Å². The molecule has 4 heteroatoms. The van der Waals surface area contributed by atoms with Gasteiger partial charge >= 0.3 is 55.4 Å². The third-order valence-electron chi connectivity index (χ3n) is 0.791. The molecule has 2 atom stereocenters. The van der Waals surface area contributed by atoms with Crippen LogP contribution in [0.25, 0.3) is 0 Å².